The fourth-order valence-corrected chi connectivity index (χ4v) is 4.35. The molecule has 1 aromatic carbocycles. The Bertz CT molecular complexity index is 914. The van der Waals surface area contributed by atoms with E-state index in [0.29, 0.717) is 18.3 Å². The summed E-state index contributed by atoms with van der Waals surface area (Å²) in [6.07, 6.45) is 3.69. The van der Waals surface area contributed by atoms with Gasteiger partial charge in [0.2, 0.25) is 0 Å². The lowest BCUT2D eigenvalue weighted by Gasteiger charge is -2.21. The van der Waals surface area contributed by atoms with Gasteiger partial charge in [0.1, 0.15) is 5.75 Å². The van der Waals surface area contributed by atoms with Crippen molar-refractivity contribution < 1.29 is 9.13 Å². The van der Waals surface area contributed by atoms with Crippen LogP contribution in [0.4, 0.5) is 15.9 Å². The van der Waals surface area contributed by atoms with Gasteiger partial charge in [-0.2, -0.15) is 0 Å². The summed E-state index contributed by atoms with van der Waals surface area (Å²) < 4.78 is 19.4. The molecule has 7 nitrogen and oxygen atoms in total. The maximum Gasteiger partial charge on any atom is 0.191 e. The van der Waals surface area contributed by atoms with E-state index in [4.69, 9.17) is 4.74 Å². The number of pyridine rings is 1. The van der Waals surface area contributed by atoms with Crippen molar-refractivity contribution in [2.75, 3.05) is 56.7 Å². The number of nitrogens with zero attached hydrogens (tertiary/aromatic N) is 4. The van der Waals surface area contributed by atoms with E-state index in [1.54, 1.807) is 26.4 Å². The van der Waals surface area contributed by atoms with Crippen molar-refractivity contribution >= 4 is 41.4 Å². The zero-order valence-electron chi connectivity index (χ0n) is 18.6. The molecule has 2 N–H and O–H groups in total. The number of aliphatic imine (C=N–C) groups is 1. The number of rotatable bonds is 6. The molecule has 9 heteroatoms. The number of halogens is 2. The number of guanidine groups is 1. The van der Waals surface area contributed by atoms with Crippen molar-refractivity contribution in [3.63, 3.8) is 0 Å². The van der Waals surface area contributed by atoms with Gasteiger partial charge in [0.15, 0.2) is 17.6 Å². The molecule has 2 saturated heterocycles. The summed E-state index contributed by atoms with van der Waals surface area (Å²) in [5.74, 6) is 2.39. The monoisotopic (exact) mass is 554 g/mol. The fraction of sp³-hybridized carbons (Fsp3) is 0.478. The van der Waals surface area contributed by atoms with Crippen LogP contribution in [0.1, 0.15) is 12.8 Å². The summed E-state index contributed by atoms with van der Waals surface area (Å²) in [5, 5.41) is 6.96. The second kappa shape index (κ2) is 11.5. The maximum absolute atomic E-state index is 14.0. The first-order chi connectivity index (χ1) is 15.2. The van der Waals surface area contributed by atoms with Crippen LogP contribution in [0.5, 0.6) is 5.75 Å². The lowest BCUT2D eigenvalue weighted by atomic mass is 10.1. The molecule has 0 amide bonds. The van der Waals surface area contributed by atoms with E-state index in [1.165, 1.54) is 11.8 Å². The molecular formula is C23H32FIN6O. The number of hydrogen-bond acceptors (Lipinski definition) is 5. The molecule has 0 radical (unpaired) electrons. The van der Waals surface area contributed by atoms with E-state index >= 15 is 0 Å². The number of anilines is 2. The minimum absolute atomic E-state index is 0. The molecule has 2 aliphatic rings. The van der Waals surface area contributed by atoms with Crippen molar-refractivity contribution in [3.8, 4) is 5.75 Å². The largest absolute Gasteiger partial charge is 0.497 e. The van der Waals surface area contributed by atoms with E-state index < -0.39 is 0 Å². The van der Waals surface area contributed by atoms with Gasteiger partial charge in [-0.05, 0) is 43.0 Å². The maximum atomic E-state index is 14.0. The molecule has 174 valence electrons. The van der Waals surface area contributed by atoms with Gasteiger partial charge in [0.25, 0.3) is 0 Å². The third kappa shape index (κ3) is 5.93. The van der Waals surface area contributed by atoms with Crippen molar-refractivity contribution in [3.05, 3.63) is 48.4 Å². The van der Waals surface area contributed by atoms with E-state index in [-0.39, 0.29) is 35.8 Å². The standard InChI is InChI=1S/C23H31FN6O.HI/c1-25-23(28-18-9-12-30(16-18)22-21(24)7-4-10-26-22)27-14-17-8-11-29(15-17)19-5-3-6-20(13-19)31-2;/h3-7,10,13,17-18H,8-9,11-12,14-16H2,1-2H3,(H2,25,27,28);1H. The zero-order valence-corrected chi connectivity index (χ0v) is 21.0. The van der Waals surface area contributed by atoms with Gasteiger partial charge in [-0.3, -0.25) is 4.99 Å². The number of methoxy groups -OCH3 is 1. The predicted molar refractivity (Wildman–Crippen MR) is 138 cm³/mol. The van der Waals surface area contributed by atoms with Gasteiger partial charge in [-0.15, -0.1) is 24.0 Å². The third-order valence-electron chi connectivity index (χ3n) is 6.05. The number of aromatic nitrogens is 1. The molecule has 32 heavy (non-hydrogen) atoms. The average Bonchev–Trinajstić information content (AvgIpc) is 3.47. The van der Waals surface area contributed by atoms with Crippen LogP contribution in [0.15, 0.2) is 47.6 Å². The Kier molecular flexibility index (Phi) is 8.77. The molecule has 2 fully saturated rings. The summed E-state index contributed by atoms with van der Waals surface area (Å²) >= 11 is 0. The van der Waals surface area contributed by atoms with E-state index in [1.807, 2.05) is 17.0 Å². The first-order valence-corrected chi connectivity index (χ1v) is 10.9. The lowest BCUT2D eigenvalue weighted by Crippen LogP contribution is -2.46. The first kappa shape index (κ1) is 24.3. The van der Waals surface area contributed by atoms with Gasteiger partial charge in [-0.25, -0.2) is 9.37 Å². The Labute approximate surface area is 206 Å². The van der Waals surface area contributed by atoms with Crippen LogP contribution in [-0.4, -0.2) is 63.9 Å². The first-order valence-electron chi connectivity index (χ1n) is 10.9. The summed E-state index contributed by atoms with van der Waals surface area (Å²) in [6, 6.07) is 11.5. The normalized spacial score (nSPS) is 20.8. The van der Waals surface area contributed by atoms with Crippen molar-refractivity contribution in [2.24, 2.45) is 10.9 Å². The molecule has 4 rings (SSSR count). The fourth-order valence-electron chi connectivity index (χ4n) is 4.35. The van der Waals surface area contributed by atoms with E-state index in [9.17, 15) is 4.39 Å². The number of benzene rings is 1. The zero-order chi connectivity index (χ0) is 21.6. The Hall–Kier alpha value is -2.30. The second-order valence-electron chi connectivity index (χ2n) is 8.14. The molecule has 2 atom stereocenters. The van der Waals surface area contributed by atoms with Crippen molar-refractivity contribution in [1.82, 2.24) is 15.6 Å². The molecule has 2 unspecified atom stereocenters. The van der Waals surface area contributed by atoms with Gasteiger partial charge in [-0.1, -0.05) is 6.07 Å². The highest BCUT2D eigenvalue weighted by molar-refractivity contribution is 14.0. The summed E-state index contributed by atoms with van der Waals surface area (Å²) in [4.78, 5) is 13.0. The number of hydrogen-bond donors (Lipinski definition) is 2. The summed E-state index contributed by atoms with van der Waals surface area (Å²) in [6.45, 7) is 4.40. The van der Waals surface area contributed by atoms with Crippen molar-refractivity contribution in [2.45, 2.75) is 18.9 Å². The second-order valence-corrected chi connectivity index (χ2v) is 8.14. The molecular weight excluding hydrogens is 522 g/mol. The summed E-state index contributed by atoms with van der Waals surface area (Å²) in [7, 11) is 3.49. The molecule has 3 heterocycles. The SMILES string of the molecule is CN=C(NCC1CCN(c2cccc(OC)c2)C1)NC1CCN(c2ncccc2F)C1.I. The van der Waals surface area contributed by atoms with Crippen LogP contribution >= 0.6 is 24.0 Å². The molecule has 2 aliphatic heterocycles. The van der Waals surface area contributed by atoms with Crippen LogP contribution in [0.25, 0.3) is 0 Å². The van der Waals surface area contributed by atoms with Gasteiger partial charge in [0, 0.05) is 63.8 Å². The van der Waals surface area contributed by atoms with Crippen LogP contribution < -0.4 is 25.2 Å². The van der Waals surface area contributed by atoms with Gasteiger partial charge in [0.05, 0.1) is 7.11 Å². The Balaban J connectivity index is 0.00000289. The van der Waals surface area contributed by atoms with Crippen LogP contribution in [0.2, 0.25) is 0 Å². The molecule has 0 bridgehead atoms. The topological polar surface area (TPSA) is 65.0 Å². The van der Waals surface area contributed by atoms with E-state index in [2.05, 4.69) is 37.6 Å². The molecule has 0 aliphatic carbocycles. The van der Waals surface area contributed by atoms with Gasteiger partial charge >= 0.3 is 0 Å². The minimum Gasteiger partial charge on any atom is -0.497 e. The third-order valence-corrected chi connectivity index (χ3v) is 6.05. The predicted octanol–water partition coefficient (Wildman–Crippen LogP) is 3.12. The lowest BCUT2D eigenvalue weighted by molar-refractivity contribution is 0.415. The highest BCUT2D eigenvalue weighted by Gasteiger charge is 2.27. The Morgan fingerprint density at radius 2 is 2.03 bits per heavy atom. The Morgan fingerprint density at radius 1 is 1.19 bits per heavy atom. The van der Waals surface area contributed by atoms with Crippen LogP contribution in [0.3, 0.4) is 0 Å². The smallest absolute Gasteiger partial charge is 0.191 e. The Morgan fingerprint density at radius 3 is 2.81 bits per heavy atom. The highest BCUT2D eigenvalue weighted by atomic mass is 127. The molecule has 0 saturated carbocycles. The molecule has 2 aromatic rings. The van der Waals surface area contributed by atoms with Gasteiger partial charge < -0.3 is 25.2 Å². The van der Waals surface area contributed by atoms with Crippen LogP contribution in [-0.2, 0) is 0 Å². The number of ether oxygens (including phenoxy) is 1. The highest BCUT2D eigenvalue weighted by Crippen LogP contribution is 2.26. The minimum atomic E-state index is -0.271. The summed E-state index contributed by atoms with van der Waals surface area (Å²) in [5.41, 5.74) is 1.21. The van der Waals surface area contributed by atoms with E-state index in [0.717, 1.165) is 50.7 Å². The van der Waals surface area contributed by atoms with Crippen molar-refractivity contribution in [1.29, 1.82) is 0 Å². The van der Waals surface area contributed by atoms with Crippen LogP contribution in [0, 0.1) is 11.7 Å². The quantitative estimate of drug-likeness (QED) is 0.325. The molecule has 0 spiro atoms. The number of nitrogens with one attached hydrogen (secondary N) is 2. The average molecular weight is 554 g/mol. The molecule has 1 aromatic heterocycles.